The van der Waals surface area contributed by atoms with Crippen molar-refractivity contribution in [2.24, 2.45) is 0 Å². The summed E-state index contributed by atoms with van der Waals surface area (Å²) in [6.07, 6.45) is 19.1. The number of unbranched alkanes of at least 4 members (excludes halogenated alkanes) is 9. The molecule has 0 aliphatic rings. The van der Waals surface area contributed by atoms with E-state index in [1.165, 1.54) is 44.9 Å². The number of carbonyl (C=O) groups excluding carboxylic acids is 2. The Morgan fingerprint density at radius 1 is 0.593 bits per heavy atom. The fraction of sp³-hybridized carbons (Fsp3) is 0.826. The molecule has 158 valence electrons. The van der Waals surface area contributed by atoms with E-state index in [1.54, 1.807) is 0 Å². The van der Waals surface area contributed by atoms with Crippen LogP contribution in [0.1, 0.15) is 110 Å². The first kappa shape index (κ1) is 25.7. The number of rotatable bonds is 19. The summed E-state index contributed by atoms with van der Waals surface area (Å²) < 4.78 is 10.4. The first-order chi connectivity index (χ1) is 13.2. The van der Waals surface area contributed by atoms with Crippen LogP contribution in [0.25, 0.3) is 0 Å². The molecule has 4 nitrogen and oxygen atoms in total. The minimum Gasteiger partial charge on any atom is -0.466 e. The zero-order valence-electron chi connectivity index (χ0n) is 17.8. The van der Waals surface area contributed by atoms with Crippen molar-refractivity contribution in [1.29, 1.82) is 0 Å². The fourth-order valence-corrected chi connectivity index (χ4v) is 2.74. The number of hydrogen-bond donors (Lipinski definition) is 0. The molecular formula is C23H42O4. The molecule has 0 saturated carbocycles. The molecule has 0 atom stereocenters. The summed E-state index contributed by atoms with van der Waals surface area (Å²) in [7, 11) is 0. The Bertz CT molecular complexity index is 377. The summed E-state index contributed by atoms with van der Waals surface area (Å²) in [6, 6.07) is 0. The lowest BCUT2D eigenvalue weighted by Crippen LogP contribution is -2.07. The van der Waals surface area contributed by atoms with Crippen molar-refractivity contribution in [3.63, 3.8) is 0 Å². The molecule has 0 aromatic rings. The summed E-state index contributed by atoms with van der Waals surface area (Å²) in [5, 5.41) is 0. The van der Waals surface area contributed by atoms with Gasteiger partial charge >= 0.3 is 11.9 Å². The largest absolute Gasteiger partial charge is 0.466 e. The highest BCUT2D eigenvalue weighted by molar-refractivity contribution is 5.70. The second-order valence-electron chi connectivity index (χ2n) is 7.17. The van der Waals surface area contributed by atoms with Crippen LogP contribution >= 0.6 is 0 Å². The normalized spacial score (nSPS) is 11.0. The molecule has 0 amide bonds. The average molecular weight is 383 g/mol. The molecule has 4 heteroatoms. The molecule has 0 unspecified atom stereocenters. The third-order valence-electron chi connectivity index (χ3n) is 4.46. The lowest BCUT2D eigenvalue weighted by Gasteiger charge is -2.05. The molecule has 0 heterocycles. The number of hydrogen-bond acceptors (Lipinski definition) is 4. The van der Waals surface area contributed by atoms with Crippen molar-refractivity contribution in [2.75, 3.05) is 13.2 Å². The third kappa shape index (κ3) is 20.8. The summed E-state index contributed by atoms with van der Waals surface area (Å²) in [6.45, 7) is 5.38. The molecule has 0 bridgehead atoms. The maximum absolute atomic E-state index is 11.6. The number of allylic oxidation sites excluding steroid dienone is 1. The van der Waals surface area contributed by atoms with Crippen molar-refractivity contribution in [1.82, 2.24) is 0 Å². The van der Waals surface area contributed by atoms with Crippen molar-refractivity contribution < 1.29 is 19.1 Å². The summed E-state index contributed by atoms with van der Waals surface area (Å²) in [5.74, 6) is -0.319. The second-order valence-corrected chi connectivity index (χ2v) is 7.17. The Hall–Kier alpha value is -1.32. The standard InChI is InChI=1S/C23H42O4/c1-3-5-7-9-11-13-17-21-27-23(25)19-15-14-18-22(24)26-20-16-12-10-8-6-4-2/h11,13H,3-10,12,14-21H2,1-2H3/b13-11-. The number of carbonyl (C=O) groups is 2. The van der Waals surface area contributed by atoms with Gasteiger partial charge in [0.2, 0.25) is 0 Å². The van der Waals surface area contributed by atoms with Crippen LogP contribution in [0.4, 0.5) is 0 Å². The van der Waals surface area contributed by atoms with Crippen molar-refractivity contribution in [3.05, 3.63) is 12.2 Å². The minimum atomic E-state index is -0.171. The van der Waals surface area contributed by atoms with Crippen LogP contribution in [0.15, 0.2) is 12.2 Å². The number of esters is 2. The van der Waals surface area contributed by atoms with Gasteiger partial charge in [-0.25, -0.2) is 0 Å². The van der Waals surface area contributed by atoms with Gasteiger partial charge in [-0.3, -0.25) is 9.59 Å². The molecule has 0 aliphatic carbocycles. The molecule has 0 aromatic carbocycles. The second kappa shape index (κ2) is 21.0. The van der Waals surface area contributed by atoms with Crippen LogP contribution < -0.4 is 0 Å². The molecule has 0 aromatic heterocycles. The predicted octanol–water partition coefficient (Wildman–Crippen LogP) is 6.52. The van der Waals surface area contributed by atoms with Gasteiger partial charge in [-0.05, 0) is 38.5 Å². The molecule has 0 rings (SSSR count). The monoisotopic (exact) mass is 382 g/mol. The zero-order chi connectivity index (χ0) is 20.0. The van der Waals surface area contributed by atoms with Gasteiger partial charge < -0.3 is 9.47 Å². The number of ether oxygens (including phenoxy) is 2. The first-order valence-corrected chi connectivity index (χ1v) is 11.2. The Balaban J connectivity index is 3.37. The maximum Gasteiger partial charge on any atom is 0.305 e. The summed E-state index contributed by atoms with van der Waals surface area (Å²) in [5.41, 5.74) is 0. The zero-order valence-corrected chi connectivity index (χ0v) is 17.8. The van der Waals surface area contributed by atoms with E-state index in [4.69, 9.17) is 9.47 Å². The van der Waals surface area contributed by atoms with Crippen molar-refractivity contribution in [3.8, 4) is 0 Å². The molecule has 0 N–H and O–H groups in total. The van der Waals surface area contributed by atoms with Gasteiger partial charge in [-0.15, -0.1) is 0 Å². The van der Waals surface area contributed by atoms with Gasteiger partial charge in [0.25, 0.3) is 0 Å². The van der Waals surface area contributed by atoms with Crippen LogP contribution in [0, 0.1) is 0 Å². The van der Waals surface area contributed by atoms with E-state index in [0.717, 1.165) is 25.7 Å². The van der Waals surface area contributed by atoms with Crippen LogP contribution in [0.5, 0.6) is 0 Å². The SMILES string of the molecule is CCCCC/C=C\CCOC(=O)CCCCC(=O)OCCCCCCCC. The van der Waals surface area contributed by atoms with Gasteiger partial charge in [-0.2, -0.15) is 0 Å². The molecule has 0 fully saturated rings. The quantitative estimate of drug-likeness (QED) is 0.145. The van der Waals surface area contributed by atoms with Crippen LogP contribution in [-0.2, 0) is 19.1 Å². The molecule has 0 spiro atoms. The average Bonchev–Trinajstić information content (AvgIpc) is 2.66. The fourth-order valence-electron chi connectivity index (χ4n) is 2.74. The topological polar surface area (TPSA) is 52.6 Å². The predicted molar refractivity (Wildman–Crippen MR) is 112 cm³/mol. The van der Waals surface area contributed by atoms with Gasteiger partial charge in [0.15, 0.2) is 0 Å². The highest BCUT2D eigenvalue weighted by Gasteiger charge is 2.06. The van der Waals surface area contributed by atoms with Gasteiger partial charge in [0.1, 0.15) is 0 Å². The van der Waals surface area contributed by atoms with E-state index in [-0.39, 0.29) is 11.9 Å². The molecule has 0 radical (unpaired) electrons. The third-order valence-corrected chi connectivity index (χ3v) is 4.46. The van der Waals surface area contributed by atoms with E-state index in [9.17, 15) is 9.59 Å². The molecule has 0 saturated heterocycles. The van der Waals surface area contributed by atoms with E-state index >= 15 is 0 Å². The Labute approximate surface area is 167 Å². The van der Waals surface area contributed by atoms with Gasteiger partial charge in [0.05, 0.1) is 13.2 Å². The van der Waals surface area contributed by atoms with Gasteiger partial charge in [0, 0.05) is 12.8 Å². The lowest BCUT2D eigenvalue weighted by atomic mass is 10.1. The Morgan fingerprint density at radius 3 is 1.78 bits per heavy atom. The van der Waals surface area contributed by atoms with E-state index in [1.807, 2.05) is 0 Å². The molecule has 27 heavy (non-hydrogen) atoms. The minimum absolute atomic E-state index is 0.148. The lowest BCUT2D eigenvalue weighted by molar-refractivity contribution is -0.145. The van der Waals surface area contributed by atoms with Crippen molar-refractivity contribution >= 4 is 11.9 Å². The van der Waals surface area contributed by atoms with E-state index in [0.29, 0.717) is 38.9 Å². The van der Waals surface area contributed by atoms with Crippen LogP contribution in [-0.4, -0.2) is 25.2 Å². The molecular weight excluding hydrogens is 340 g/mol. The van der Waals surface area contributed by atoms with Crippen molar-refractivity contribution in [2.45, 2.75) is 110 Å². The highest BCUT2D eigenvalue weighted by Crippen LogP contribution is 2.07. The van der Waals surface area contributed by atoms with Crippen LogP contribution in [0.2, 0.25) is 0 Å². The smallest absolute Gasteiger partial charge is 0.305 e. The van der Waals surface area contributed by atoms with E-state index in [2.05, 4.69) is 26.0 Å². The highest BCUT2D eigenvalue weighted by atomic mass is 16.5. The summed E-state index contributed by atoms with van der Waals surface area (Å²) in [4.78, 5) is 23.2. The Kier molecular flexibility index (Phi) is 20.0. The summed E-state index contributed by atoms with van der Waals surface area (Å²) >= 11 is 0. The Morgan fingerprint density at radius 2 is 1.11 bits per heavy atom. The van der Waals surface area contributed by atoms with Gasteiger partial charge in [-0.1, -0.05) is 70.9 Å². The maximum atomic E-state index is 11.6. The van der Waals surface area contributed by atoms with Crippen LogP contribution in [0.3, 0.4) is 0 Å². The first-order valence-electron chi connectivity index (χ1n) is 11.2. The van der Waals surface area contributed by atoms with E-state index < -0.39 is 0 Å². The molecule has 0 aliphatic heterocycles.